The number of aliphatic imine (C=N–C) groups is 1. The number of hydrogen-bond donors (Lipinski definition) is 1. The van der Waals surface area contributed by atoms with Crippen LogP contribution in [0.5, 0.6) is 0 Å². The minimum Gasteiger partial charge on any atom is -0.388 e. The van der Waals surface area contributed by atoms with Gasteiger partial charge < -0.3 is 5.73 Å². The molecular weight excluding hydrogens is 207 g/mol. The third kappa shape index (κ3) is 2.66. The molecule has 2 N–H and O–H groups in total. The molecule has 0 saturated heterocycles. The molecule has 0 aliphatic carbocycles. The van der Waals surface area contributed by atoms with Crippen LogP contribution in [0.25, 0.3) is 0 Å². The zero-order valence-corrected chi connectivity index (χ0v) is 8.18. The van der Waals surface area contributed by atoms with Crippen LogP contribution in [0.1, 0.15) is 5.56 Å². The van der Waals surface area contributed by atoms with Crippen molar-refractivity contribution in [1.29, 1.82) is 10.5 Å². The molecule has 0 aliphatic rings. The lowest BCUT2D eigenvalue weighted by Crippen LogP contribution is -1.98. The Balaban J connectivity index is 3.04. The summed E-state index contributed by atoms with van der Waals surface area (Å²) < 4.78 is 13.1. The van der Waals surface area contributed by atoms with Crippen molar-refractivity contribution in [3.05, 3.63) is 47.0 Å². The lowest BCUT2D eigenvalue weighted by Gasteiger charge is -1.94. The van der Waals surface area contributed by atoms with E-state index >= 15 is 0 Å². The van der Waals surface area contributed by atoms with E-state index < -0.39 is 5.82 Å². The van der Waals surface area contributed by atoms with Crippen molar-refractivity contribution in [2.24, 2.45) is 10.7 Å². The molecule has 16 heavy (non-hydrogen) atoms. The van der Waals surface area contributed by atoms with Gasteiger partial charge in [0, 0.05) is 11.8 Å². The van der Waals surface area contributed by atoms with Crippen LogP contribution in [0.3, 0.4) is 0 Å². The zero-order chi connectivity index (χ0) is 12.0. The van der Waals surface area contributed by atoms with Crippen molar-refractivity contribution < 1.29 is 4.39 Å². The predicted molar refractivity (Wildman–Crippen MR) is 56.4 cm³/mol. The average Bonchev–Trinajstić information content (AvgIpc) is 2.31. The number of benzene rings is 1. The number of nitrogens with zero attached hydrogens (tertiary/aromatic N) is 3. The summed E-state index contributed by atoms with van der Waals surface area (Å²) in [5.74, 6) is -0.459. The highest BCUT2D eigenvalue weighted by atomic mass is 19.1. The second kappa shape index (κ2) is 5.28. The van der Waals surface area contributed by atoms with Crippen molar-refractivity contribution in [2.75, 3.05) is 0 Å². The summed E-state index contributed by atoms with van der Waals surface area (Å²) in [6, 6.07) is 9.19. The van der Waals surface area contributed by atoms with Crippen LogP contribution in [0.2, 0.25) is 0 Å². The van der Waals surface area contributed by atoms with Crippen molar-refractivity contribution in [2.45, 2.75) is 0 Å². The molecule has 78 valence electrons. The number of hydrogen-bond acceptors (Lipinski definition) is 4. The third-order valence-electron chi connectivity index (χ3n) is 1.72. The maximum absolute atomic E-state index is 13.1. The highest BCUT2D eigenvalue weighted by Crippen LogP contribution is 2.05. The molecular formula is C11H7FN4. The summed E-state index contributed by atoms with van der Waals surface area (Å²) in [5, 5.41) is 17.1. The van der Waals surface area contributed by atoms with E-state index in [0.29, 0.717) is 0 Å². The Labute approximate surface area is 91.8 Å². The van der Waals surface area contributed by atoms with E-state index in [4.69, 9.17) is 16.3 Å². The Morgan fingerprint density at radius 2 is 2.00 bits per heavy atom. The van der Waals surface area contributed by atoms with Crippen LogP contribution in [0, 0.1) is 28.5 Å². The van der Waals surface area contributed by atoms with Gasteiger partial charge in [0.1, 0.15) is 23.7 Å². The Hall–Kier alpha value is -2.66. The lowest BCUT2D eigenvalue weighted by atomic mass is 10.2. The number of nitriles is 2. The molecule has 5 heteroatoms. The van der Waals surface area contributed by atoms with E-state index in [1.165, 1.54) is 18.2 Å². The summed E-state index contributed by atoms with van der Waals surface area (Å²) in [5.41, 5.74) is 4.91. The fraction of sp³-hybridized carbons (Fsp3) is 0. The molecule has 0 fully saturated rings. The Morgan fingerprint density at radius 3 is 2.56 bits per heavy atom. The first-order valence-corrected chi connectivity index (χ1v) is 4.27. The molecule has 0 aliphatic heterocycles. The van der Waals surface area contributed by atoms with Crippen molar-refractivity contribution in [1.82, 2.24) is 0 Å². The molecule has 0 spiro atoms. The standard InChI is InChI=1S/C11H7FN4/c12-9-4-2-1-3-8(9)7-16-11(6-14)10(15)5-13/h1-4,7H,15H2. The predicted octanol–water partition coefficient (Wildman–Crippen LogP) is 1.46. The molecule has 0 bridgehead atoms. The summed E-state index contributed by atoms with van der Waals surface area (Å²) in [6.07, 6.45) is 1.15. The van der Waals surface area contributed by atoms with Gasteiger partial charge in [0.15, 0.2) is 5.70 Å². The number of halogens is 1. The second-order valence-corrected chi connectivity index (χ2v) is 2.77. The van der Waals surface area contributed by atoms with Crippen LogP contribution in [-0.2, 0) is 0 Å². The Kier molecular flexibility index (Phi) is 3.77. The van der Waals surface area contributed by atoms with Crippen molar-refractivity contribution in [3.8, 4) is 12.1 Å². The van der Waals surface area contributed by atoms with Gasteiger partial charge in [-0.3, -0.25) is 0 Å². The minimum atomic E-state index is -0.459. The molecule has 0 radical (unpaired) electrons. The summed E-state index contributed by atoms with van der Waals surface area (Å²) in [4.78, 5) is 3.65. The normalized spacial score (nSPS) is 11.7. The minimum absolute atomic E-state index is 0.223. The van der Waals surface area contributed by atoms with Crippen LogP contribution >= 0.6 is 0 Å². The number of rotatable bonds is 2. The third-order valence-corrected chi connectivity index (χ3v) is 1.72. The fourth-order valence-electron chi connectivity index (χ4n) is 0.925. The summed E-state index contributed by atoms with van der Waals surface area (Å²) in [6.45, 7) is 0. The van der Waals surface area contributed by atoms with Crippen molar-refractivity contribution in [3.63, 3.8) is 0 Å². The van der Waals surface area contributed by atoms with Gasteiger partial charge >= 0.3 is 0 Å². The van der Waals surface area contributed by atoms with E-state index in [-0.39, 0.29) is 17.0 Å². The van der Waals surface area contributed by atoms with E-state index in [1.807, 2.05) is 0 Å². The molecule has 0 atom stereocenters. The quantitative estimate of drug-likeness (QED) is 0.597. The molecule has 0 unspecified atom stereocenters. The van der Waals surface area contributed by atoms with Gasteiger partial charge in [-0.15, -0.1) is 0 Å². The van der Waals surface area contributed by atoms with Crippen LogP contribution < -0.4 is 5.73 Å². The first-order chi connectivity index (χ1) is 7.69. The van der Waals surface area contributed by atoms with Crippen LogP contribution in [0.4, 0.5) is 4.39 Å². The second-order valence-electron chi connectivity index (χ2n) is 2.77. The summed E-state index contributed by atoms with van der Waals surface area (Å²) in [7, 11) is 0. The smallest absolute Gasteiger partial charge is 0.174 e. The molecule has 1 aromatic carbocycles. The summed E-state index contributed by atoms with van der Waals surface area (Å²) >= 11 is 0. The van der Waals surface area contributed by atoms with Crippen molar-refractivity contribution >= 4 is 6.21 Å². The molecule has 0 aromatic heterocycles. The molecule has 1 aromatic rings. The monoisotopic (exact) mass is 214 g/mol. The highest BCUT2D eigenvalue weighted by molar-refractivity contribution is 5.81. The van der Waals surface area contributed by atoms with Gasteiger partial charge in [0.2, 0.25) is 0 Å². The SMILES string of the molecule is N#CC(N)=C(C#N)N=Cc1ccccc1F. The van der Waals surface area contributed by atoms with E-state index in [0.717, 1.165) is 6.21 Å². The zero-order valence-electron chi connectivity index (χ0n) is 8.18. The maximum atomic E-state index is 13.1. The van der Waals surface area contributed by atoms with E-state index in [2.05, 4.69) is 4.99 Å². The van der Waals surface area contributed by atoms with Crippen LogP contribution in [0.15, 0.2) is 40.7 Å². The van der Waals surface area contributed by atoms with Gasteiger partial charge in [0.25, 0.3) is 0 Å². The number of nitrogens with two attached hydrogens (primary N) is 1. The average molecular weight is 214 g/mol. The lowest BCUT2D eigenvalue weighted by molar-refractivity contribution is 0.626. The van der Waals surface area contributed by atoms with E-state index in [1.54, 1.807) is 18.2 Å². The molecule has 0 heterocycles. The maximum Gasteiger partial charge on any atom is 0.174 e. The molecule has 0 amide bonds. The fourth-order valence-corrected chi connectivity index (χ4v) is 0.925. The first-order valence-electron chi connectivity index (χ1n) is 4.27. The Bertz CT molecular complexity index is 532. The first kappa shape index (κ1) is 11.4. The highest BCUT2D eigenvalue weighted by Gasteiger charge is 2.00. The molecule has 4 nitrogen and oxygen atoms in total. The number of allylic oxidation sites excluding steroid dienone is 2. The van der Waals surface area contributed by atoms with Gasteiger partial charge in [0.05, 0.1) is 0 Å². The largest absolute Gasteiger partial charge is 0.388 e. The van der Waals surface area contributed by atoms with Gasteiger partial charge in [-0.1, -0.05) is 18.2 Å². The van der Waals surface area contributed by atoms with E-state index in [9.17, 15) is 4.39 Å². The van der Waals surface area contributed by atoms with Gasteiger partial charge in [-0.25, -0.2) is 9.38 Å². The van der Waals surface area contributed by atoms with Gasteiger partial charge in [-0.05, 0) is 6.07 Å². The molecule has 1 rings (SSSR count). The van der Waals surface area contributed by atoms with Crippen LogP contribution in [-0.4, -0.2) is 6.21 Å². The topological polar surface area (TPSA) is 86.0 Å². The van der Waals surface area contributed by atoms with Gasteiger partial charge in [-0.2, -0.15) is 10.5 Å². The molecule has 0 saturated carbocycles. The Morgan fingerprint density at radius 1 is 1.31 bits per heavy atom.